The third kappa shape index (κ3) is 6.97. The van der Waals surface area contributed by atoms with Crippen molar-refractivity contribution >= 4 is 48.3 Å². The zero-order valence-corrected chi connectivity index (χ0v) is 30.6. The van der Waals surface area contributed by atoms with Gasteiger partial charge in [0.15, 0.2) is 0 Å². The molecule has 268 valence electrons. The Morgan fingerprint density at radius 3 is 2.46 bits per heavy atom. The van der Waals surface area contributed by atoms with Crippen molar-refractivity contribution in [1.82, 2.24) is 28.6 Å². The Bertz CT molecular complexity index is 2080. The quantitative estimate of drug-likeness (QED) is 0.241. The maximum absolute atomic E-state index is 13.2. The summed E-state index contributed by atoms with van der Waals surface area (Å²) in [5, 5.41) is 11.9. The Kier molecular flexibility index (Phi) is 9.16. The molecular formula is C35H43F3N8O2S2. The first-order valence-corrected chi connectivity index (χ1v) is 19.8. The van der Waals surface area contributed by atoms with Gasteiger partial charge in [0.25, 0.3) is 0 Å². The Hall–Kier alpha value is -3.29. The molecule has 1 unspecified atom stereocenters. The maximum atomic E-state index is 13.2. The number of nitrogens with zero attached hydrogens (tertiary/aromatic N) is 8. The molecule has 3 aliphatic rings. The number of hydrogen-bond donors (Lipinski definition) is 0. The molecule has 3 aliphatic heterocycles. The number of likely N-dealkylation sites (tertiary alicyclic amines) is 1. The first kappa shape index (κ1) is 35.1. The van der Waals surface area contributed by atoms with E-state index in [-0.39, 0.29) is 16.3 Å². The predicted octanol–water partition coefficient (Wildman–Crippen LogP) is 5.31. The van der Waals surface area contributed by atoms with Crippen LogP contribution in [0.3, 0.4) is 0 Å². The van der Waals surface area contributed by atoms with Crippen molar-refractivity contribution in [1.29, 1.82) is 5.26 Å². The van der Waals surface area contributed by atoms with Gasteiger partial charge in [0.1, 0.15) is 28.2 Å². The summed E-state index contributed by atoms with van der Waals surface area (Å²) >= 11 is 1.10. The second kappa shape index (κ2) is 13.0. The highest BCUT2D eigenvalue weighted by atomic mass is 32.2. The Labute approximate surface area is 295 Å². The predicted molar refractivity (Wildman–Crippen MR) is 190 cm³/mol. The fourth-order valence-corrected chi connectivity index (χ4v) is 10.2. The van der Waals surface area contributed by atoms with Crippen molar-refractivity contribution in [2.24, 2.45) is 5.41 Å². The number of hydrogen-bond acceptors (Lipinski definition) is 9. The van der Waals surface area contributed by atoms with Crippen LogP contribution in [-0.4, -0.2) is 108 Å². The minimum atomic E-state index is -4.27. The van der Waals surface area contributed by atoms with Gasteiger partial charge in [-0.25, -0.2) is 18.4 Å². The van der Waals surface area contributed by atoms with Crippen LogP contribution in [0, 0.1) is 30.6 Å². The summed E-state index contributed by atoms with van der Waals surface area (Å²) in [6, 6.07) is 10.5. The topological polar surface area (TPSA) is 102 Å². The van der Waals surface area contributed by atoms with E-state index in [4.69, 9.17) is 4.98 Å². The zero-order valence-electron chi connectivity index (χ0n) is 28.9. The molecule has 1 spiro atoms. The van der Waals surface area contributed by atoms with Crippen LogP contribution in [-0.2, 0) is 29.5 Å². The van der Waals surface area contributed by atoms with Crippen molar-refractivity contribution < 1.29 is 21.6 Å². The van der Waals surface area contributed by atoms with Crippen LogP contribution >= 0.6 is 11.3 Å². The van der Waals surface area contributed by atoms with Crippen LogP contribution in [0.4, 0.5) is 19.0 Å². The van der Waals surface area contributed by atoms with E-state index >= 15 is 0 Å². The number of halogens is 3. The van der Waals surface area contributed by atoms with E-state index in [1.165, 1.54) is 21.7 Å². The lowest BCUT2D eigenvalue weighted by molar-refractivity contribution is -0.126. The molecule has 0 saturated carbocycles. The van der Waals surface area contributed by atoms with Gasteiger partial charge >= 0.3 is 6.18 Å². The van der Waals surface area contributed by atoms with Gasteiger partial charge in [-0.1, -0.05) is 6.07 Å². The Balaban J connectivity index is 1.03. The highest BCUT2D eigenvalue weighted by Crippen LogP contribution is 2.44. The third-order valence-corrected chi connectivity index (χ3v) is 13.3. The average Bonchev–Trinajstić information content (AvgIpc) is 3.83. The molecule has 2 atom stereocenters. The lowest BCUT2D eigenvalue weighted by atomic mass is 9.86. The number of benzene rings is 1. The molecule has 0 aliphatic carbocycles. The second-order valence-corrected chi connectivity index (χ2v) is 17.6. The number of alkyl halides is 3. The maximum Gasteiger partial charge on any atom is 0.393 e. The molecule has 3 aromatic heterocycles. The first-order chi connectivity index (χ1) is 23.6. The molecule has 0 bridgehead atoms. The highest BCUT2D eigenvalue weighted by Gasteiger charge is 2.44. The van der Waals surface area contributed by atoms with E-state index in [2.05, 4.69) is 56.3 Å². The fourth-order valence-electron chi connectivity index (χ4n) is 8.28. The molecule has 4 aromatic rings. The molecule has 0 N–H and O–H groups in total. The van der Waals surface area contributed by atoms with Crippen LogP contribution in [0.2, 0.25) is 0 Å². The van der Waals surface area contributed by atoms with E-state index < -0.39 is 22.6 Å². The number of anilines is 1. The van der Waals surface area contributed by atoms with Crippen LogP contribution in [0.5, 0.6) is 0 Å². The molecule has 50 heavy (non-hydrogen) atoms. The van der Waals surface area contributed by atoms with Gasteiger partial charge < -0.3 is 9.47 Å². The average molecular weight is 729 g/mol. The van der Waals surface area contributed by atoms with Crippen LogP contribution in [0.1, 0.15) is 47.3 Å². The summed E-state index contributed by atoms with van der Waals surface area (Å²) < 4.78 is 67.0. The molecule has 15 heteroatoms. The minimum absolute atomic E-state index is 0.0915. The number of piperazine rings is 1. The van der Waals surface area contributed by atoms with Gasteiger partial charge in [-0.05, 0) is 69.5 Å². The van der Waals surface area contributed by atoms with Gasteiger partial charge in [0.2, 0.25) is 10.0 Å². The lowest BCUT2D eigenvalue weighted by Gasteiger charge is -2.37. The van der Waals surface area contributed by atoms with Crippen molar-refractivity contribution in [2.75, 3.05) is 63.5 Å². The van der Waals surface area contributed by atoms with Crippen molar-refractivity contribution in [2.45, 2.75) is 65.3 Å². The van der Waals surface area contributed by atoms with Gasteiger partial charge in [-0.2, -0.15) is 22.7 Å². The number of aryl methyl sites for hydroxylation is 2. The summed E-state index contributed by atoms with van der Waals surface area (Å²) in [7, 11) is -3.20. The summed E-state index contributed by atoms with van der Waals surface area (Å²) in [5.74, 6) is 1.32. The van der Waals surface area contributed by atoms with Gasteiger partial charge in [0.05, 0.1) is 18.1 Å². The fraction of sp³-hybridized carbons (Fsp3) is 0.571. The van der Waals surface area contributed by atoms with Crippen molar-refractivity contribution in [3.8, 4) is 6.07 Å². The van der Waals surface area contributed by atoms with Crippen molar-refractivity contribution in [3.05, 3.63) is 51.8 Å². The van der Waals surface area contributed by atoms with Crippen LogP contribution in [0.15, 0.2) is 24.3 Å². The molecule has 3 fully saturated rings. The normalized spacial score (nSPS) is 22.0. The summed E-state index contributed by atoms with van der Waals surface area (Å²) in [4.78, 5) is 17.1. The van der Waals surface area contributed by atoms with E-state index in [9.17, 15) is 26.9 Å². The number of rotatable bonds is 8. The molecule has 6 heterocycles. The molecular weight excluding hydrogens is 686 g/mol. The second-order valence-electron chi connectivity index (χ2n) is 14.5. The summed E-state index contributed by atoms with van der Waals surface area (Å²) in [6.45, 7) is 13.3. The summed E-state index contributed by atoms with van der Waals surface area (Å²) in [5.41, 5.74) is 4.16. The van der Waals surface area contributed by atoms with E-state index in [0.29, 0.717) is 54.5 Å². The molecule has 0 amide bonds. The molecule has 0 radical (unpaired) electrons. The monoisotopic (exact) mass is 728 g/mol. The van der Waals surface area contributed by atoms with E-state index in [0.717, 1.165) is 73.6 Å². The van der Waals surface area contributed by atoms with Gasteiger partial charge in [-0.3, -0.25) is 9.80 Å². The Morgan fingerprint density at radius 2 is 1.76 bits per heavy atom. The molecule has 1 aromatic carbocycles. The summed E-state index contributed by atoms with van der Waals surface area (Å²) in [6.07, 6.45) is -1.91. The number of fused-ring (bicyclic) bond motifs is 2. The lowest BCUT2D eigenvalue weighted by Crippen LogP contribution is -2.51. The largest absolute Gasteiger partial charge is 0.393 e. The molecule has 7 rings (SSSR count). The van der Waals surface area contributed by atoms with Crippen molar-refractivity contribution in [3.63, 3.8) is 0 Å². The molecule has 10 nitrogen and oxygen atoms in total. The van der Waals surface area contributed by atoms with E-state index in [1.54, 1.807) is 13.0 Å². The van der Waals surface area contributed by atoms with E-state index in [1.807, 2.05) is 6.07 Å². The number of aromatic nitrogens is 3. The number of sulfonamides is 1. The van der Waals surface area contributed by atoms with Crippen LogP contribution < -0.4 is 4.90 Å². The number of nitriles is 1. The minimum Gasteiger partial charge on any atom is -0.355 e. The molecule has 3 saturated heterocycles. The smallest absolute Gasteiger partial charge is 0.355 e. The highest BCUT2D eigenvalue weighted by molar-refractivity contribution is 7.88. The standard InChI is InChI=1S/C35H43F3N8O2S2/c1-23(43-11-13-45(14-12-43)50(4,47)48)19-46-27(18-39)15-29-24(2)26(5-6-31(29)46)20-42-9-7-34(21-42)8-10-44(22-34)32-30-16-28(17-35(36,37)38)49-33(30)41-25(3)40-32/h5-6,15-16,23H,7-14,17,19-22H2,1-4H3/t23-,34?/m0/s1. The third-order valence-electron chi connectivity index (χ3n) is 11.0. The zero-order chi connectivity index (χ0) is 35.6. The van der Waals surface area contributed by atoms with Gasteiger partial charge in [0, 0.05) is 86.1 Å². The SMILES string of the molecule is Cc1nc(N2CCC3(CCN(Cc4ccc5c(cc(C#N)n5C[C@H](C)N5CCN(S(C)(=O)=O)CC5)c4C)C3)C2)c2cc(CC(F)(F)F)sc2n1. The Morgan fingerprint density at radius 1 is 1.02 bits per heavy atom. The van der Waals surface area contributed by atoms with Crippen LogP contribution in [0.25, 0.3) is 21.1 Å². The first-order valence-electron chi connectivity index (χ1n) is 17.1. The number of thiophene rings is 1. The van der Waals surface area contributed by atoms with Gasteiger partial charge in [-0.15, -0.1) is 11.3 Å².